The van der Waals surface area contributed by atoms with Gasteiger partial charge in [0, 0.05) is 29.6 Å². The molecule has 2 amide bonds. The second kappa shape index (κ2) is 10.4. The lowest BCUT2D eigenvalue weighted by molar-refractivity contribution is -0.116. The highest BCUT2D eigenvalue weighted by Gasteiger charge is 2.20. The minimum atomic E-state index is -0.303. The highest BCUT2D eigenvalue weighted by Crippen LogP contribution is 2.25. The van der Waals surface area contributed by atoms with Crippen LogP contribution in [0, 0.1) is 20.8 Å². The van der Waals surface area contributed by atoms with Gasteiger partial charge in [0.25, 0.3) is 5.91 Å². The normalized spacial score (nSPS) is 10.7. The number of aryl methyl sites for hydroxylation is 3. The van der Waals surface area contributed by atoms with Crippen molar-refractivity contribution >= 4 is 17.8 Å². The zero-order chi connectivity index (χ0) is 24.9. The molecule has 0 spiro atoms. The molecule has 0 aliphatic heterocycles. The van der Waals surface area contributed by atoms with Gasteiger partial charge in [-0.2, -0.15) is 0 Å². The van der Waals surface area contributed by atoms with E-state index in [0.29, 0.717) is 18.1 Å². The number of imidazole rings is 1. The number of aromatic nitrogens is 2. The van der Waals surface area contributed by atoms with Gasteiger partial charge in [-0.3, -0.25) is 19.5 Å². The summed E-state index contributed by atoms with van der Waals surface area (Å²) >= 11 is 0. The highest BCUT2D eigenvalue weighted by molar-refractivity contribution is 5.99. The summed E-state index contributed by atoms with van der Waals surface area (Å²) in [5.41, 5.74) is 6.59. The van der Waals surface area contributed by atoms with E-state index in [1.54, 1.807) is 12.1 Å². The average molecular weight is 467 g/mol. The number of carbonyl (C=O) groups excluding carboxylic acids is 2. The number of amides is 2. The molecular weight excluding hydrogens is 436 g/mol. The maximum atomic E-state index is 13.1. The summed E-state index contributed by atoms with van der Waals surface area (Å²) < 4.78 is 1.88. The lowest BCUT2D eigenvalue weighted by Crippen LogP contribution is -2.38. The SMILES string of the molecule is CCN(CC(=O)Nc1nc(-c2ccccc2)cn1-c1ccc(C)c(C)c1)C(=O)c1ccc(C)cc1. The first kappa shape index (κ1) is 24.0. The Hall–Kier alpha value is -4.19. The molecule has 0 aliphatic carbocycles. The molecule has 4 rings (SSSR count). The van der Waals surface area contributed by atoms with E-state index in [4.69, 9.17) is 4.98 Å². The molecule has 0 saturated heterocycles. The van der Waals surface area contributed by atoms with Crippen LogP contribution < -0.4 is 5.32 Å². The molecule has 35 heavy (non-hydrogen) atoms. The van der Waals surface area contributed by atoms with Crippen molar-refractivity contribution in [3.05, 3.63) is 101 Å². The Balaban J connectivity index is 1.60. The van der Waals surface area contributed by atoms with Crippen LogP contribution in [0.4, 0.5) is 5.95 Å². The number of nitrogens with zero attached hydrogens (tertiary/aromatic N) is 3. The van der Waals surface area contributed by atoms with Gasteiger partial charge in [-0.05, 0) is 63.1 Å². The molecule has 4 aromatic rings. The maximum absolute atomic E-state index is 13.1. The number of rotatable bonds is 7. The number of hydrogen-bond donors (Lipinski definition) is 1. The van der Waals surface area contributed by atoms with Crippen molar-refractivity contribution in [3.63, 3.8) is 0 Å². The first-order valence-electron chi connectivity index (χ1n) is 11.7. The zero-order valence-corrected chi connectivity index (χ0v) is 20.6. The van der Waals surface area contributed by atoms with Crippen LogP contribution in [0.2, 0.25) is 0 Å². The number of nitrogens with one attached hydrogen (secondary N) is 1. The van der Waals surface area contributed by atoms with Crippen LogP contribution in [0.25, 0.3) is 16.9 Å². The molecule has 0 unspecified atom stereocenters. The van der Waals surface area contributed by atoms with Gasteiger partial charge in [0.05, 0.1) is 5.69 Å². The van der Waals surface area contributed by atoms with Crippen molar-refractivity contribution in [1.29, 1.82) is 0 Å². The maximum Gasteiger partial charge on any atom is 0.254 e. The van der Waals surface area contributed by atoms with Gasteiger partial charge in [-0.25, -0.2) is 4.98 Å². The summed E-state index contributed by atoms with van der Waals surface area (Å²) in [6.07, 6.45) is 1.92. The third-order valence-electron chi connectivity index (χ3n) is 6.10. The van der Waals surface area contributed by atoms with E-state index in [2.05, 4.69) is 31.3 Å². The molecule has 1 N–H and O–H groups in total. The van der Waals surface area contributed by atoms with Crippen molar-refractivity contribution in [3.8, 4) is 16.9 Å². The first-order chi connectivity index (χ1) is 16.9. The minimum absolute atomic E-state index is 0.0658. The van der Waals surface area contributed by atoms with E-state index in [9.17, 15) is 9.59 Å². The lowest BCUT2D eigenvalue weighted by atomic mass is 10.1. The van der Waals surface area contributed by atoms with Crippen molar-refractivity contribution in [2.45, 2.75) is 27.7 Å². The summed E-state index contributed by atoms with van der Waals surface area (Å²) in [6.45, 7) is 8.31. The zero-order valence-electron chi connectivity index (χ0n) is 20.6. The molecule has 1 heterocycles. The molecular formula is C29H30N4O2. The minimum Gasteiger partial charge on any atom is -0.330 e. The molecule has 0 radical (unpaired) electrons. The topological polar surface area (TPSA) is 67.2 Å². The molecule has 0 aliphatic rings. The Morgan fingerprint density at radius 2 is 1.63 bits per heavy atom. The summed E-state index contributed by atoms with van der Waals surface area (Å²) in [6, 6.07) is 23.3. The van der Waals surface area contributed by atoms with E-state index in [1.165, 1.54) is 10.5 Å². The van der Waals surface area contributed by atoms with Gasteiger partial charge in [-0.15, -0.1) is 0 Å². The summed E-state index contributed by atoms with van der Waals surface area (Å²) in [7, 11) is 0. The fraction of sp³-hybridized carbons (Fsp3) is 0.207. The van der Waals surface area contributed by atoms with Crippen molar-refractivity contribution < 1.29 is 9.59 Å². The third-order valence-corrected chi connectivity index (χ3v) is 6.10. The second-order valence-electron chi connectivity index (χ2n) is 8.69. The van der Waals surface area contributed by atoms with Gasteiger partial charge < -0.3 is 4.90 Å². The first-order valence-corrected chi connectivity index (χ1v) is 11.7. The van der Waals surface area contributed by atoms with Crippen LogP contribution in [0.1, 0.15) is 34.0 Å². The predicted octanol–water partition coefficient (Wildman–Crippen LogP) is 5.57. The Labute approximate surface area is 206 Å². The molecule has 178 valence electrons. The number of carbonyl (C=O) groups is 2. The van der Waals surface area contributed by atoms with Gasteiger partial charge in [0.2, 0.25) is 11.9 Å². The fourth-order valence-electron chi connectivity index (χ4n) is 3.83. The van der Waals surface area contributed by atoms with Gasteiger partial charge in [0.15, 0.2) is 0 Å². The summed E-state index contributed by atoms with van der Waals surface area (Å²) in [4.78, 5) is 32.3. The summed E-state index contributed by atoms with van der Waals surface area (Å²) in [5.74, 6) is -0.0660. The van der Waals surface area contributed by atoms with Crippen LogP contribution in [-0.2, 0) is 4.79 Å². The van der Waals surface area contributed by atoms with Gasteiger partial charge in [-0.1, -0.05) is 54.1 Å². The molecule has 0 bridgehead atoms. The van der Waals surface area contributed by atoms with Crippen molar-refractivity contribution in [2.75, 3.05) is 18.4 Å². The molecule has 0 fully saturated rings. The number of hydrogen-bond acceptors (Lipinski definition) is 3. The summed E-state index contributed by atoms with van der Waals surface area (Å²) in [5, 5.41) is 2.93. The monoisotopic (exact) mass is 466 g/mol. The highest BCUT2D eigenvalue weighted by atomic mass is 16.2. The van der Waals surface area contributed by atoms with E-state index < -0.39 is 0 Å². The molecule has 3 aromatic carbocycles. The van der Waals surface area contributed by atoms with E-state index in [-0.39, 0.29) is 18.4 Å². The molecule has 0 saturated carbocycles. The van der Waals surface area contributed by atoms with Crippen LogP contribution in [0.3, 0.4) is 0 Å². The number of likely N-dealkylation sites (N-methyl/N-ethyl adjacent to an activating group) is 1. The molecule has 6 nitrogen and oxygen atoms in total. The Bertz CT molecular complexity index is 1340. The van der Waals surface area contributed by atoms with Gasteiger partial charge in [0.1, 0.15) is 6.54 Å². The fourth-order valence-corrected chi connectivity index (χ4v) is 3.83. The van der Waals surface area contributed by atoms with Crippen molar-refractivity contribution in [2.24, 2.45) is 0 Å². The molecule has 1 aromatic heterocycles. The predicted molar refractivity (Wildman–Crippen MR) is 140 cm³/mol. The quantitative estimate of drug-likeness (QED) is 0.387. The smallest absolute Gasteiger partial charge is 0.254 e. The second-order valence-corrected chi connectivity index (χ2v) is 8.69. The number of anilines is 1. The Morgan fingerprint density at radius 1 is 0.914 bits per heavy atom. The average Bonchev–Trinajstić information content (AvgIpc) is 3.28. The number of benzene rings is 3. The molecule has 0 atom stereocenters. The third kappa shape index (κ3) is 5.49. The Morgan fingerprint density at radius 3 is 2.29 bits per heavy atom. The van der Waals surface area contributed by atoms with Crippen LogP contribution in [0.5, 0.6) is 0 Å². The van der Waals surface area contributed by atoms with E-state index in [1.807, 2.05) is 73.1 Å². The molecule has 6 heteroatoms. The van der Waals surface area contributed by atoms with Crippen molar-refractivity contribution in [1.82, 2.24) is 14.5 Å². The van der Waals surface area contributed by atoms with Crippen LogP contribution >= 0.6 is 0 Å². The Kier molecular flexibility index (Phi) is 7.11. The standard InChI is InChI=1S/C29H30N4O2/c1-5-32(28(35)24-14-11-20(2)12-15-24)19-27(34)31-29-30-26(23-9-7-6-8-10-23)18-33(29)25-16-13-21(3)22(4)17-25/h6-18H,5,19H2,1-4H3,(H,30,31,34). The van der Waals surface area contributed by atoms with Gasteiger partial charge >= 0.3 is 0 Å². The van der Waals surface area contributed by atoms with E-state index >= 15 is 0 Å². The van der Waals surface area contributed by atoms with Crippen LogP contribution in [-0.4, -0.2) is 39.4 Å². The van der Waals surface area contributed by atoms with Crippen LogP contribution in [0.15, 0.2) is 79.0 Å². The largest absolute Gasteiger partial charge is 0.330 e. The lowest BCUT2D eigenvalue weighted by Gasteiger charge is -2.20. The van der Waals surface area contributed by atoms with E-state index in [0.717, 1.165) is 28.1 Å².